The van der Waals surface area contributed by atoms with Crippen molar-refractivity contribution in [1.82, 2.24) is 14.9 Å². The fraction of sp³-hybridized carbons (Fsp3) is 0.167. The Kier molecular flexibility index (Phi) is 4.64. The van der Waals surface area contributed by atoms with E-state index in [2.05, 4.69) is 48.3 Å². The minimum atomic E-state index is 0.226. The molecule has 0 unspecified atom stereocenters. The van der Waals surface area contributed by atoms with E-state index in [0.29, 0.717) is 29.5 Å². The summed E-state index contributed by atoms with van der Waals surface area (Å²) in [4.78, 5) is 9.92. The fourth-order valence-electron chi connectivity index (χ4n) is 3.89. The summed E-state index contributed by atoms with van der Waals surface area (Å²) in [5, 5.41) is 23.1. The Labute approximate surface area is 178 Å². The maximum atomic E-state index is 10.6. The minimum Gasteiger partial charge on any atom is -0.510 e. The molecule has 0 aliphatic carbocycles. The zero-order valence-corrected chi connectivity index (χ0v) is 17.5. The van der Waals surface area contributed by atoms with Crippen molar-refractivity contribution in [2.24, 2.45) is 0 Å². The van der Waals surface area contributed by atoms with Gasteiger partial charge in [-0.2, -0.15) is 0 Å². The third-order valence-electron chi connectivity index (χ3n) is 5.57. The summed E-state index contributed by atoms with van der Waals surface area (Å²) in [5.74, 6) is 0.570. The average molecular weight is 415 g/mol. The van der Waals surface area contributed by atoms with E-state index in [1.807, 2.05) is 28.6 Å². The Hall–Kier alpha value is -3.38. The number of hydrogen-bond acceptors (Lipinski definition) is 4. The predicted octanol–water partition coefficient (Wildman–Crippen LogP) is 5.40. The number of benzene rings is 2. The molecule has 30 heavy (non-hydrogen) atoms. The summed E-state index contributed by atoms with van der Waals surface area (Å²) >= 11 is 1.47. The van der Waals surface area contributed by atoms with Crippen LogP contribution in [0.2, 0.25) is 0 Å². The Morgan fingerprint density at radius 3 is 2.80 bits per heavy atom. The highest BCUT2D eigenvalue weighted by molar-refractivity contribution is 7.11. The van der Waals surface area contributed by atoms with E-state index in [1.54, 1.807) is 0 Å². The Balaban J connectivity index is 1.32. The summed E-state index contributed by atoms with van der Waals surface area (Å²) in [6.07, 6.45) is 2.84. The topological polar surface area (TPSA) is 76.0 Å². The van der Waals surface area contributed by atoms with Crippen molar-refractivity contribution in [3.8, 4) is 11.3 Å². The van der Waals surface area contributed by atoms with Crippen LogP contribution in [0.15, 0.2) is 65.9 Å². The van der Waals surface area contributed by atoms with Gasteiger partial charge in [-0.1, -0.05) is 48.0 Å². The number of amidine groups is 1. The van der Waals surface area contributed by atoms with Gasteiger partial charge in [0, 0.05) is 34.6 Å². The lowest BCUT2D eigenvalue weighted by Gasteiger charge is -2.18. The molecule has 5 nitrogen and oxygen atoms in total. The van der Waals surface area contributed by atoms with Gasteiger partial charge in [0.2, 0.25) is 0 Å². The molecular weight excluding hydrogens is 392 g/mol. The molecule has 0 radical (unpaired) electrons. The van der Waals surface area contributed by atoms with Gasteiger partial charge in [-0.25, -0.2) is 4.98 Å². The highest BCUT2D eigenvalue weighted by Gasteiger charge is 2.30. The van der Waals surface area contributed by atoms with Crippen molar-refractivity contribution >= 4 is 33.6 Å². The molecule has 6 heteroatoms. The van der Waals surface area contributed by atoms with Crippen LogP contribution in [0.5, 0.6) is 0 Å². The van der Waals surface area contributed by atoms with Gasteiger partial charge >= 0.3 is 0 Å². The molecule has 0 fully saturated rings. The van der Waals surface area contributed by atoms with Gasteiger partial charge < -0.3 is 15.0 Å². The molecule has 0 saturated heterocycles. The molecule has 150 valence electrons. The molecule has 0 spiro atoms. The van der Waals surface area contributed by atoms with Crippen LogP contribution in [0.1, 0.15) is 16.1 Å². The average Bonchev–Trinajstić information content (AvgIpc) is 3.45. The van der Waals surface area contributed by atoms with Gasteiger partial charge in [0.05, 0.1) is 17.8 Å². The maximum absolute atomic E-state index is 10.6. The molecule has 3 N–H and O–H groups in total. The number of aliphatic hydroxyl groups excluding tert-OH is 1. The van der Waals surface area contributed by atoms with Crippen LogP contribution in [0.25, 0.3) is 27.7 Å². The number of aromatic amines is 1. The second-order valence-corrected chi connectivity index (χ2v) is 8.46. The van der Waals surface area contributed by atoms with Crippen LogP contribution < -0.4 is 0 Å². The Morgan fingerprint density at radius 2 is 1.97 bits per heavy atom. The molecule has 1 aliphatic heterocycles. The quantitative estimate of drug-likeness (QED) is 0.409. The van der Waals surface area contributed by atoms with E-state index in [0.717, 1.165) is 23.2 Å². The number of hydrogen-bond donors (Lipinski definition) is 3. The van der Waals surface area contributed by atoms with Crippen molar-refractivity contribution in [2.75, 3.05) is 13.1 Å². The molecule has 2 aromatic heterocycles. The van der Waals surface area contributed by atoms with E-state index in [1.165, 1.54) is 27.8 Å². The first-order chi connectivity index (χ1) is 14.6. The van der Waals surface area contributed by atoms with Crippen LogP contribution in [0.3, 0.4) is 0 Å². The van der Waals surface area contributed by atoms with Gasteiger partial charge in [-0.05, 0) is 25.0 Å². The molecule has 4 aromatic rings. The van der Waals surface area contributed by atoms with Gasteiger partial charge in [0.25, 0.3) is 0 Å². The van der Waals surface area contributed by atoms with E-state index in [4.69, 9.17) is 10.4 Å². The van der Waals surface area contributed by atoms with Crippen LogP contribution in [0, 0.1) is 12.3 Å². The van der Waals surface area contributed by atoms with Crippen LogP contribution in [-0.2, 0) is 6.42 Å². The molecule has 1 aliphatic rings. The molecular formula is C24H22N4OS. The standard InChI is InChI=1S/C24H22N4OS/c1-15-6-8-16(9-7-15)20-14-30-24(27-20)22-21(29)13-28(23(22)25)11-10-17-12-26-19-5-3-2-4-18(17)19/h2-9,12,14,25-26,29H,10-11,13H2,1H3. The highest BCUT2D eigenvalue weighted by atomic mass is 32.1. The number of nitrogens with one attached hydrogen (secondary N) is 2. The lowest BCUT2D eigenvalue weighted by atomic mass is 10.1. The first-order valence-corrected chi connectivity index (χ1v) is 10.8. The zero-order chi connectivity index (χ0) is 20.7. The molecule has 0 atom stereocenters. The lowest BCUT2D eigenvalue weighted by Crippen LogP contribution is -2.28. The van der Waals surface area contributed by atoms with Gasteiger partial charge in [0.15, 0.2) is 0 Å². The molecule has 0 bridgehead atoms. The monoisotopic (exact) mass is 414 g/mol. The van der Waals surface area contributed by atoms with E-state index >= 15 is 0 Å². The van der Waals surface area contributed by atoms with Crippen LogP contribution in [-0.4, -0.2) is 38.9 Å². The number of rotatable bonds is 5. The predicted molar refractivity (Wildman–Crippen MR) is 123 cm³/mol. The second-order valence-electron chi connectivity index (χ2n) is 7.61. The van der Waals surface area contributed by atoms with Crippen molar-refractivity contribution in [1.29, 1.82) is 5.41 Å². The number of para-hydroxylation sites is 1. The Morgan fingerprint density at radius 1 is 1.17 bits per heavy atom. The van der Waals surface area contributed by atoms with Gasteiger partial charge in [0.1, 0.15) is 16.6 Å². The molecule has 2 aromatic carbocycles. The van der Waals surface area contributed by atoms with Crippen LogP contribution >= 0.6 is 11.3 Å². The zero-order valence-electron chi connectivity index (χ0n) is 16.6. The van der Waals surface area contributed by atoms with Gasteiger partial charge in [-0.3, -0.25) is 5.41 Å². The Bertz CT molecular complexity index is 1270. The van der Waals surface area contributed by atoms with Crippen molar-refractivity contribution < 1.29 is 5.11 Å². The first-order valence-electron chi connectivity index (χ1n) is 9.94. The SMILES string of the molecule is Cc1ccc(-c2csc(C3=C(O)CN(CCc4c[nH]c5ccccc45)C3=N)n2)cc1. The largest absolute Gasteiger partial charge is 0.510 e. The minimum absolute atomic E-state index is 0.226. The van der Waals surface area contributed by atoms with E-state index in [-0.39, 0.29) is 5.76 Å². The molecule has 0 amide bonds. The number of thiazole rings is 1. The summed E-state index contributed by atoms with van der Waals surface area (Å²) in [7, 11) is 0. The number of aryl methyl sites for hydroxylation is 1. The smallest absolute Gasteiger partial charge is 0.135 e. The van der Waals surface area contributed by atoms with E-state index in [9.17, 15) is 5.11 Å². The van der Waals surface area contributed by atoms with Crippen molar-refractivity contribution in [3.05, 3.63) is 82.0 Å². The summed E-state index contributed by atoms with van der Waals surface area (Å²) in [5.41, 5.74) is 6.03. The van der Waals surface area contributed by atoms with E-state index < -0.39 is 0 Å². The number of aliphatic hydroxyl groups is 1. The highest BCUT2D eigenvalue weighted by Crippen LogP contribution is 2.32. The second kappa shape index (κ2) is 7.46. The molecule has 5 rings (SSSR count). The maximum Gasteiger partial charge on any atom is 0.135 e. The third-order valence-corrected chi connectivity index (χ3v) is 6.43. The third kappa shape index (κ3) is 3.29. The lowest BCUT2D eigenvalue weighted by molar-refractivity contribution is 0.351. The summed E-state index contributed by atoms with van der Waals surface area (Å²) in [6.45, 7) is 3.09. The first kappa shape index (κ1) is 18.6. The molecule has 0 saturated carbocycles. The number of fused-ring (bicyclic) bond motifs is 1. The summed E-state index contributed by atoms with van der Waals surface area (Å²) in [6, 6.07) is 16.5. The normalized spacial score (nSPS) is 14.3. The van der Waals surface area contributed by atoms with Crippen LogP contribution in [0.4, 0.5) is 0 Å². The summed E-state index contributed by atoms with van der Waals surface area (Å²) < 4.78 is 0. The van der Waals surface area contributed by atoms with Crippen molar-refractivity contribution in [3.63, 3.8) is 0 Å². The fourth-order valence-corrected chi connectivity index (χ4v) is 4.78. The number of aromatic nitrogens is 2. The number of H-pyrrole nitrogens is 1. The van der Waals surface area contributed by atoms with Crippen molar-refractivity contribution in [2.45, 2.75) is 13.3 Å². The molecule has 3 heterocycles. The number of nitrogens with zero attached hydrogens (tertiary/aromatic N) is 2. The van der Waals surface area contributed by atoms with Gasteiger partial charge in [-0.15, -0.1) is 11.3 Å².